The highest BCUT2D eigenvalue weighted by Gasteiger charge is 2.09. The van der Waals surface area contributed by atoms with Gasteiger partial charge in [-0.1, -0.05) is 0 Å². The van der Waals surface area contributed by atoms with Crippen LogP contribution in [0.1, 0.15) is 23.2 Å². The zero-order chi connectivity index (χ0) is 8.97. The molecule has 1 aromatic rings. The highest BCUT2D eigenvalue weighted by atomic mass is 16.5. The van der Waals surface area contributed by atoms with Gasteiger partial charge in [-0.3, -0.25) is 0 Å². The molecule has 0 atom stereocenters. The van der Waals surface area contributed by atoms with Gasteiger partial charge in [0.15, 0.2) is 5.69 Å². The van der Waals surface area contributed by atoms with Crippen LogP contribution in [-0.4, -0.2) is 22.5 Å². The molecule has 0 saturated carbocycles. The molecule has 12 heavy (non-hydrogen) atoms. The van der Waals surface area contributed by atoms with Gasteiger partial charge in [0.25, 0.3) is 0 Å². The number of aromatic nitrogens is 2. The highest BCUT2D eigenvalue weighted by molar-refractivity contribution is 5.87. The molecule has 1 rings (SSSR count). The maximum atomic E-state index is 11.0. The van der Waals surface area contributed by atoms with Crippen LogP contribution in [0, 0.1) is 11.3 Å². The molecule has 0 fully saturated rings. The lowest BCUT2D eigenvalue weighted by Crippen LogP contribution is -2.04. The zero-order valence-electron chi connectivity index (χ0n) is 6.50. The smallest absolute Gasteiger partial charge is 0.358 e. The quantitative estimate of drug-likeness (QED) is 0.645. The summed E-state index contributed by atoms with van der Waals surface area (Å²) >= 11 is 0. The van der Waals surface area contributed by atoms with Crippen LogP contribution in [-0.2, 0) is 4.74 Å². The number of rotatable bonds is 2. The summed E-state index contributed by atoms with van der Waals surface area (Å²) in [7, 11) is 0. The number of hydrogen-bond acceptors (Lipinski definition) is 4. The topological polar surface area (TPSA) is 78.8 Å². The van der Waals surface area contributed by atoms with Gasteiger partial charge in [-0.2, -0.15) is 5.26 Å². The Morgan fingerprint density at radius 2 is 2.67 bits per heavy atom. The van der Waals surface area contributed by atoms with Crippen LogP contribution in [0.3, 0.4) is 0 Å². The number of carbonyl (C=O) groups is 1. The largest absolute Gasteiger partial charge is 0.461 e. The van der Waals surface area contributed by atoms with Crippen molar-refractivity contribution in [2.24, 2.45) is 0 Å². The molecule has 0 aliphatic carbocycles. The second-order valence-electron chi connectivity index (χ2n) is 1.97. The summed E-state index contributed by atoms with van der Waals surface area (Å²) in [6.07, 6.45) is 1.34. The molecule has 5 nitrogen and oxygen atoms in total. The van der Waals surface area contributed by atoms with E-state index in [2.05, 4.69) is 14.7 Å². The van der Waals surface area contributed by atoms with Crippen molar-refractivity contribution in [1.29, 1.82) is 5.26 Å². The fourth-order valence-electron chi connectivity index (χ4n) is 0.689. The summed E-state index contributed by atoms with van der Waals surface area (Å²) in [6, 6.07) is 1.77. The van der Waals surface area contributed by atoms with Gasteiger partial charge in [-0.25, -0.2) is 9.78 Å². The third kappa shape index (κ3) is 1.61. The van der Waals surface area contributed by atoms with E-state index in [1.54, 1.807) is 13.0 Å². The van der Waals surface area contributed by atoms with Crippen LogP contribution in [0.25, 0.3) is 0 Å². The van der Waals surface area contributed by atoms with Crippen molar-refractivity contribution in [3.63, 3.8) is 0 Å². The first-order chi connectivity index (χ1) is 5.77. The van der Waals surface area contributed by atoms with Gasteiger partial charge in [0.2, 0.25) is 5.82 Å². The molecule has 0 radical (unpaired) electrons. The van der Waals surface area contributed by atoms with E-state index in [0.717, 1.165) is 0 Å². The molecule has 0 saturated heterocycles. The highest BCUT2D eigenvalue weighted by Crippen LogP contribution is 1.97. The lowest BCUT2D eigenvalue weighted by atomic mass is 10.5. The van der Waals surface area contributed by atoms with Crippen molar-refractivity contribution in [3.05, 3.63) is 17.7 Å². The Morgan fingerprint density at radius 1 is 1.92 bits per heavy atom. The standard InChI is InChI=1S/C7H7N3O2/c1-2-12-7(11)5-4-9-6(3-8)10-5/h4H,2H2,1H3,(H,9,10). The van der Waals surface area contributed by atoms with Crippen LogP contribution in [0.2, 0.25) is 0 Å². The lowest BCUT2D eigenvalue weighted by molar-refractivity contribution is 0.0520. The molecular weight excluding hydrogens is 158 g/mol. The minimum Gasteiger partial charge on any atom is -0.461 e. The fourth-order valence-corrected chi connectivity index (χ4v) is 0.689. The zero-order valence-corrected chi connectivity index (χ0v) is 6.50. The average Bonchev–Trinajstić information content (AvgIpc) is 2.52. The van der Waals surface area contributed by atoms with E-state index < -0.39 is 5.97 Å². The summed E-state index contributed by atoms with van der Waals surface area (Å²) in [4.78, 5) is 17.1. The number of carbonyl (C=O) groups excluding carboxylic acids is 1. The molecule has 0 aliphatic heterocycles. The maximum Gasteiger partial charge on any atom is 0.358 e. The SMILES string of the molecule is CCOC(=O)c1c[nH]c(C#N)n1. The lowest BCUT2D eigenvalue weighted by Gasteiger charge is -1.94. The Kier molecular flexibility index (Phi) is 2.43. The normalized spacial score (nSPS) is 9.00. The van der Waals surface area contributed by atoms with Gasteiger partial charge in [-0.05, 0) is 6.92 Å². The molecular formula is C7H7N3O2. The third-order valence-corrected chi connectivity index (χ3v) is 1.17. The summed E-state index contributed by atoms with van der Waals surface area (Å²) in [6.45, 7) is 2.00. The van der Waals surface area contributed by atoms with E-state index in [0.29, 0.717) is 6.61 Å². The predicted molar refractivity (Wildman–Crippen MR) is 39.3 cm³/mol. The number of nitriles is 1. The molecule has 0 unspecified atom stereocenters. The molecule has 5 heteroatoms. The van der Waals surface area contributed by atoms with E-state index in [9.17, 15) is 4.79 Å². The van der Waals surface area contributed by atoms with Crippen molar-refractivity contribution >= 4 is 5.97 Å². The second kappa shape index (κ2) is 3.53. The van der Waals surface area contributed by atoms with Crippen LogP contribution < -0.4 is 0 Å². The van der Waals surface area contributed by atoms with Crippen molar-refractivity contribution in [1.82, 2.24) is 9.97 Å². The molecule has 1 aromatic heterocycles. The van der Waals surface area contributed by atoms with E-state index in [1.165, 1.54) is 6.20 Å². The van der Waals surface area contributed by atoms with Gasteiger partial charge in [-0.15, -0.1) is 0 Å². The first kappa shape index (κ1) is 8.27. The Hall–Kier alpha value is -1.83. The Balaban J connectivity index is 2.76. The van der Waals surface area contributed by atoms with Gasteiger partial charge in [0.1, 0.15) is 6.07 Å². The van der Waals surface area contributed by atoms with Crippen molar-refractivity contribution < 1.29 is 9.53 Å². The number of aromatic amines is 1. The van der Waals surface area contributed by atoms with Crippen molar-refractivity contribution in [2.75, 3.05) is 6.61 Å². The third-order valence-electron chi connectivity index (χ3n) is 1.17. The summed E-state index contributed by atoms with van der Waals surface area (Å²) in [5.74, 6) is -0.409. The number of nitrogens with one attached hydrogen (secondary N) is 1. The number of imidazole rings is 1. The number of nitrogens with zero attached hydrogens (tertiary/aromatic N) is 2. The molecule has 0 aliphatic rings. The number of hydrogen-bond donors (Lipinski definition) is 1. The molecule has 1 N–H and O–H groups in total. The van der Waals surface area contributed by atoms with Crippen LogP contribution >= 0.6 is 0 Å². The first-order valence-electron chi connectivity index (χ1n) is 3.40. The fraction of sp³-hybridized carbons (Fsp3) is 0.286. The molecule has 0 aromatic carbocycles. The van der Waals surface area contributed by atoms with Gasteiger partial charge < -0.3 is 9.72 Å². The second-order valence-corrected chi connectivity index (χ2v) is 1.97. The Labute approximate surface area is 69.0 Å². The summed E-state index contributed by atoms with van der Waals surface area (Å²) in [5, 5.41) is 8.37. The Morgan fingerprint density at radius 3 is 3.17 bits per heavy atom. The summed E-state index contributed by atoms with van der Waals surface area (Å²) in [5.41, 5.74) is 0.133. The average molecular weight is 165 g/mol. The van der Waals surface area contributed by atoms with Crippen molar-refractivity contribution in [3.8, 4) is 6.07 Å². The first-order valence-corrected chi connectivity index (χ1v) is 3.40. The minimum absolute atomic E-state index is 0.109. The van der Waals surface area contributed by atoms with Crippen LogP contribution in [0.5, 0.6) is 0 Å². The monoisotopic (exact) mass is 165 g/mol. The number of esters is 1. The summed E-state index contributed by atoms with van der Waals surface area (Å²) < 4.78 is 4.65. The van der Waals surface area contributed by atoms with E-state index in [1.807, 2.05) is 0 Å². The molecule has 0 bridgehead atoms. The van der Waals surface area contributed by atoms with E-state index in [-0.39, 0.29) is 11.5 Å². The van der Waals surface area contributed by atoms with Crippen molar-refractivity contribution in [2.45, 2.75) is 6.92 Å². The van der Waals surface area contributed by atoms with Crippen LogP contribution in [0.4, 0.5) is 0 Å². The van der Waals surface area contributed by atoms with Gasteiger partial charge >= 0.3 is 5.97 Å². The van der Waals surface area contributed by atoms with Gasteiger partial charge in [0, 0.05) is 6.20 Å². The molecule has 1 heterocycles. The van der Waals surface area contributed by atoms with E-state index >= 15 is 0 Å². The predicted octanol–water partition coefficient (Wildman–Crippen LogP) is 0.458. The molecule has 62 valence electrons. The molecule has 0 amide bonds. The number of ether oxygens (including phenoxy) is 1. The van der Waals surface area contributed by atoms with Gasteiger partial charge in [0.05, 0.1) is 6.61 Å². The van der Waals surface area contributed by atoms with E-state index in [4.69, 9.17) is 5.26 Å². The van der Waals surface area contributed by atoms with Crippen LogP contribution in [0.15, 0.2) is 6.20 Å². The minimum atomic E-state index is -0.518. The molecule has 0 spiro atoms. The Bertz CT molecular complexity index is 324. The number of H-pyrrole nitrogens is 1. The maximum absolute atomic E-state index is 11.0.